The van der Waals surface area contributed by atoms with Crippen molar-refractivity contribution in [3.63, 3.8) is 0 Å². The van der Waals surface area contributed by atoms with Crippen LogP contribution in [0.1, 0.15) is 43.1 Å². The molecule has 0 saturated heterocycles. The van der Waals surface area contributed by atoms with Crippen molar-refractivity contribution in [1.82, 2.24) is 29.5 Å². The van der Waals surface area contributed by atoms with Crippen molar-refractivity contribution in [2.24, 2.45) is 5.41 Å². The smallest absolute Gasteiger partial charge is 0.261 e. The summed E-state index contributed by atoms with van der Waals surface area (Å²) >= 11 is 0. The van der Waals surface area contributed by atoms with Crippen LogP contribution in [-0.4, -0.2) is 42.0 Å². The molecular formula is C24H20F3N7. The first-order valence-electron chi connectivity index (χ1n) is 11.1. The van der Waals surface area contributed by atoms with Crippen LogP contribution in [0.5, 0.6) is 0 Å². The lowest BCUT2D eigenvalue weighted by atomic mass is 9.96. The summed E-state index contributed by atoms with van der Waals surface area (Å²) in [6.07, 6.45) is 8.27. The maximum absolute atomic E-state index is 15.1. The van der Waals surface area contributed by atoms with E-state index < -0.39 is 17.2 Å². The highest BCUT2D eigenvalue weighted by Crippen LogP contribution is 2.56. The molecule has 0 bridgehead atoms. The van der Waals surface area contributed by atoms with E-state index in [0.29, 0.717) is 59.7 Å². The van der Waals surface area contributed by atoms with E-state index in [0.717, 1.165) is 30.8 Å². The molecule has 0 spiro atoms. The first-order valence-corrected chi connectivity index (χ1v) is 11.1. The molecule has 1 fully saturated rings. The predicted molar refractivity (Wildman–Crippen MR) is 120 cm³/mol. The summed E-state index contributed by atoms with van der Waals surface area (Å²) < 4.78 is 44.8. The maximum Gasteiger partial charge on any atom is 0.261 e. The number of hydrogen-bond acceptors (Lipinski definition) is 6. The van der Waals surface area contributed by atoms with Crippen molar-refractivity contribution in [2.45, 2.75) is 45.5 Å². The summed E-state index contributed by atoms with van der Waals surface area (Å²) in [5.41, 5.74) is 1.50. The molecule has 172 valence electrons. The van der Waals surface area contributed by atoms with E-state index in [2.05, 4.69) is 37.0 Å². The average molecular weight is 463 g/mol. The molecule has 0 radical (unpaired) electrons. The van der Waals surface area contributed by atoms with Gasteiger partial charge >= 0.3 is 0 Å². The Balaban J connectivity index is 1.52. The van der Waals surface area contributed by atoms with Gasteiger partial charge in [-0.25, -0.2) is 13.2 Å². The van der Waals surface area contributed by atoms with Gasteiger partial charge in [0.25, 0.3) is 11.7 Å². The fraction of sp³-hybridized carbons (Fsp3) is 0.375. The quantitative estimate of drug-likeness (QED) is 0.411. The van der Waals surface area contributed by atoms with Gasteiger partial charge in [-0.2, -0.15) is 4.98 Å². The third kappa shape index (κ3) is 3.03. The third-order valence-corrected chi connectivity index (χ3v) is 6.77. The van der Waals surface area contributed by atoms with Crippen LogP contribution in [0.4, 0.5) is 24.7 Å². The largest absolute Gasteiger partial charge is 0.324 e. The lowest BCUT2D eigenvalue weighted by molar-refractivity contribution is -0.0294. The minimum atomic E-state index is -2.85. The standard InChI is InChI=1S/C24H20F3N7/c1-14-31-32-22-30-21(20-17(25)11-29-13-19(20)34(14)22)33-9-3-4-16-15(10-28-12-18(16)33)5-6-24(7-8-24)23(2,26)27/h10-13H,3-4,7-9H2,1-2H3. The van der Waals surface area contributed by atoms with Crippen molar-refractivity contribution in [3.8, 4) is 11.8 Å². The van der Waals surface area contributed by atoms with Gasteiger partial charge in [-0.05, 0) is 38.2 Å². The summed E-state index contributed by atoms with van der Waals surface area (Å²) in [5, 5.41) is 8.52. The van der Waals surface area contributed by atoms with E-state index in [1.54, 1.807) is 29.9 Å². The van der Waals surface area contributed by atoms with E-state index in [4.69, 9.17) is 0 Å². The van der Waals surface area contributed by atoms with Crippen molar-refractivity contribution >= 4 is 28.2 Å². The molecule has 4 aromatic heterocycles. The molecular weight excluding hydrogens is 443 g/mol. The average Bonchev–Trinajstić information content (AvgIpc) is 3.53. The van der Waals surface area contributed by atoms with Crippen molar-refractivity contribution in [3.05, 3.63) is 47.6 Å². The van der Waals surface area contributed by atoms with Crippen molar-refractivity contribution in [1.29, 1.82) is 0 Å². The zero-order chi connectivity index (χ0) is 23.7. The number of aromatic nitrogens is 6. The second kappa shape index (κ2) is 7.13. The van der Waals surface area contributed by atoms with E-state index in [1.165, 1.54) is 0 Å². The van der Waals surface area contributed by atoms with Gasteiger partial charge < -0.3 is 4.90 Å². The fourth-order valence-electron chi connectivity index (χ4n) is 4.69. The Hall–Kier alpha value is -3.74. The van der Waals surface area contributed by atoms with Gasteiger partial charge in [0.2, 0.25) is 0 Å². The summed E-state index contributed by atoms with van der Waals surface area (Å²) in [6, 6.07) is 0. The highest BCUT2D eigenvalue weighted by atomic mass is 19.3. The summed E-state index contributed by atoms with van der Waals surface area (Å²) in [5.74, 6) is 3.76. The molecule has 0 atom stereocenters. The summed E-state index contributed by atoms with van der Waals surface area (Å²) in [7, 11) is 0. The second-order valence-corrected chi connectivity index (χ2v) is 8.99. The zero-order valence-corrected chi connectivity index (χ0v) is 18.6. The lowest BCUT2D eigenvalue weighted by Gasteiger charge is -2.31. The Morgan fingerprint density at radius 3 is 2.65 bits per heavy atom. The van der Waals surface area contributed by atoms with Crippen molar-refractivity contribution < 1.29 is 13.2 Å². The van der Waals surface area contributed by atoms with Gasteiger partial charge in [-0.3, -0.25) is 14.4 Å². The van der Waals surface area contributed by atoms with Gasteiger partial charge in [0.15, 0.2) is 5.82 Å². The molecule has 34 heavy (non-hydrogen) atoms. The van der Waals surface area contributed by atoms with Crippen LogP contribution >= 0.6 is 0 Å². The Labute approximate surface area is 193 Å². The van der Waals surface area contributed by atoms with Crippen LogP contribution in [0.3, 0.4) is 0 Å². The molecule has 0 amide bonds. The number of halogens is 3. The molecule has 7 nitrogen and oxygen atoms in total. The van der Waals surface area contributed by atoms with E-state index in [9.17, 15) is 8.78 Å². The minimum Gasteiger partial charge on any atom is -0.324 e. The number of pyridine rings is 2. The van der Waals surface area contributed by atoms with E-state index in [1.807, 2.05) is 4.90 Å². The first kappa shape index (κ1) is 20.8. The van der Waals surface area contributed by atoms with Gasteiger partial charge in [-0.1, -0.05) is 11.8 Å². The molecule has 0 N–H and O–H groups in total. The number of alkyl halides is 2. The SMILES string of the molecule is Cc1nnc2nc(N3CCCc4c(C#CC5(C(C)(F)F)CC5)cncc43)c3c(F)cncc3n12. The molecule has 4 aromatic rings. The number of fused-ring (bicyclic) bond motifs is 4. The topological polar surface area (TPSA) is 72.1 Å². The monoisotopic (exact) mass is 463 g/mol. The molecule has 10 heteroatoms. The Kier molecular flexibility index (Phi) is 4.37. The van der Waals surface area contributed by atoms with Gasteiger partial charge in [-0.15, -0.1) is 10.2 Å². The highest BCUT2D eigenvalue weighted by molar-refractivity contribution is 5.94. The van der Waals surface area contributed by atoms with Gasteiger partial charge in [0.05, 0.1) is 40.6 Å². The fourth-order valence-corrected chi connectivity index (χ4v) is 4.69. The van der Waals surface area contributed by atoms with Crippen molar-refractivity contribution in [2.75, 3.05) is 11.4 Å². The molecule has 6 rings (SSSR count). The first-order chi connectivity index (χ1) is 16.3. The van der Waals surface area contributed by atoms with E-state index >= 15 is 4.39 Å². The van der Waals surface area contributed by atoms with Gasteiger partial charge in [0, 0.05) is 25.2 Å². The molecule has 1 aliphatic heterocycles. The number of nitrogens with zero attached hydrogens (tertiary/aromatic N) is 7. The predicted octanol–water partition coefficient (Wildman–Crippen LogP) is 4.39. The van der Waals surface area contributed by atoms with Crippen LogP contribution in [0.2, 0.25) is 0 Å². The number of anilines is 2. The third-order valence-electron chi connectivity index (χ3n) is 6.77. The van der Waals surface area contributed by atoms with Crippen LogP contribution < -0.4 is 4.90 Å². The minimum absolute atomic E-state index is 0.303. The number of hydrogen-bond donors (Lipinski definition) is 0. The molecule has 1 aliphatic carbocycles. The van der Waals surface area contributed by atoms with Crippen LogP contribution in [-0.2, 0) is 6.42 Å². The van der Waals surface area contributed by atoms with E-state index in [-0.39, 0.29) is 0 Å². The number of rotatable bonds is 2. The van der Waals surface area contributed by atoms with Gasteiger partial charge in [0.1, 0.15) is 11.6 Å². The Bertz CT molecular complexity index is 1520. The molecule has 0 unspecified atom stereocenters. The van der Waals surface area contributed by atoms with Crippen LogP contribution in [0, 0.1) is 30.0 Å². The molecule has 2 aliphatic rings. The van der Waals surface area contributed by atoms with Crippen LogP contribution in [0.25, 0.3) is 16.7 Å². The lowest BCUT2D eigenvalue weighted by Crippen LogP contribution is -2.27. The normalized spacial score (nSPS) is 16.9. The Morgan fingerprint density at radius 2 is 1.88 bits per heavy atom. The van der Waals surface area contributed by atoms with Crippen LogP contribution in [0.15, 0.2) is 24.8 Å². The number of aryl methyl sites for hydroxylation is 1. The summed E-state index contributed by atoms with van der Waals surface area (Å²) in [4.78, 5) is 14.9. The Morgan fingerprint density at radius 1 is 1.09 bits per heavy atom. The zero-order valence-electron chi connectivity index (χ0n) is 18.6. The molecule has 5 heterocycles. The summed E-state index contributed by atoms with van der Waals surface area (Å²) in [6.45, 7) is 3.27. The molecule has 0 aromatic carbocycles. The second-order valence-electron chi connectivity index (χ2n) is 8.99. The highest BCUT2D eigenvalue weighted by Gasteiger charge is 2.58. The molecule has 1 saturated carbocycles. The maximum atomic E-state index is 15.1.